The topological polar surface area (TPSA) is 102 Å². The van der Waals surface area contributed by atoms with E-state index in [-0.39, 0.29) is 69.2 Å². The lowest BCUT2D eigenvalue weighted by molar-refractivity contribution is -0.152. The van der Waals surface area contributed by atoms with Gasteiger partial charge in [-0.15, -0.1) is 0 Å². The van der Waals surface area contributed by atoms with Crippen LogP contribution >= 0.6 is 0 Å². The molecule has 0 aliphatic carbocycles. The summed E-state index contributed by atoms with van der Waals surface area (Å²) in [5.74, 6) is 1.45. The van der Waals surface area contributed by atoms with Gasteiger partial charge in [-0.25, -0.2) is 0 Å². The summed E-state index contributed by atoms with van der Waals surface area (Å²) >= 11 is 0. The number of hydrogen-bond donors (Lipinski definition) is 1. The van der Waals surface area contributed by atoms with E-state index >= 15 is 0 Å². The molecule has 0 radical (unpaired) electrons. The van der Waals surface area contributed by atoms with Crippen LogP contribution < -0.4 is 0 Å². The molecule has 1 fully saturated rings. The molecule has 1 heterocycles. The van der Waals surface area contributed by atoms with Crippen molar-refractivity contribution in [3.8, 4) is 0 Å². The first-order valence-corrected chi connectivity index (χ1v) is 28.3. The van der Waals surface area contributed by atoms with Gasteiger partial charge in [0.25, 0.3) is 0 Å². The van der Waals surface area contributed by atoms with Crippen LogP contribution in [0.1, 0.15) is 258 Å². The van der Waals surface area contributed by atoms with Gasteiger partial charge in [-0.2, -0.15) is 0 Å². The second-order valence-electron chi connectivity index (χ2n) is 27.7. The first-order chi connectivity index (χ1) is 31.4. The SMILES string of the molecule is CC(CCC(C(=O)OCCCCCCC(O)(CCCCCCOC(=O)C(CCC(C)CC(C)(C)C)C(C)CC(C)(C)C)CCCCOC(=O)C1CCN(C)CC1)C(C)CC(C)(C)C)CC(C)(C)C. The van der Waals surface area contributed by atoms with Crippen molar-refractivity contribution in [2.24, 2.45) is 63.1 Å². The molecular formula is C60H115NO7. The van der Waals surface area contributed by atoms with Crippen molar-refractivity contribution in [3.05, 3.63) is 0 Å². The lowest BCUT2D eigenvalue weighted by Crippen LogP contribution is -2.34. The molecule has 8 heteroatoms. The van der Waals surface area contributed by atoms with Gasteiger partial charge in [0.05, 0.1) is 43.2 Å². The number of nitrogens with zero attached hydrogens (tertiary/aromatic N) is 1. The molecule has 68 heavy (non-hydrogen) atoms. The maximum atomic E-state index is 13.5. The number of ether oxygens (including phenoxy) is 3. The molecule has 1 N–H and O–H groups in total. The molecule has 0 aromatic rings. The van der Waals surface area contributed by atoms with Crippen molar-refractivity contribution in [1.82, 2.24) is 4.90 Å². The highest BCUT2D eigenvalue weighted by Gasteiger charge is 2.33. The lowest BCUT2D eigenvalue weighted by atomic mass is 9.76. The third kappa shape index (κ3) is 32.3. The molecule has 1 aliphatic heterocycles. The largest absolute Gasteiger partial charge is 0.465 e. The molecule has 0 bridgehead atoms. The first kappa shape index (κ1) is 64.3. The van der Waals surface area contributed by atoms with Crippen LogP contribution in [-0.2, 0) is 28.6 Å². The van der Waals surface area contributed by atoms with Crippen molar-refractivity contribution < 1.29 is 33.7 Å². The fourth-order valence-corrected chi connectivity index (χ4v) is 11.6. The van der Waals surface area contributed by atoms with Crippen LogP contribution in [-0.4, -0.2) is 73.5 Å². The molecule has 0 saturated carbocycles. The molecule has 8 nitrogen and oxygen atoms in total. The minimum atomic E-state index is -0.766. The van der Waals surface area contributed by atoms with Crippen LogP contribution in [0.25, 0.3) is 0 Å². The first-order valence-electron chi connectivity index (χ1n) is 28.3. The van der Waals surface area contributed by atoms with Crippen molar-refractivity contribution in [2.45, 2.75) is 264 Å². The molecule has 1 aliphatic rings. The fraction of sp³-hybridized carbons (Fsp3) is 0.950. The molecular weight excluding hydrogens is 847 g/mol. The maximum Gasteiger partial charge on any atom is 0.309 e. The molecule has 0 spiro atoms. The molecule has 1 saturated heterocycles. The Kier molecular flexibility index (Phi) is 30.0. The molecule has 0 amide bonds. The van der Waals surface area contributed by atoms with Crippen LogP contribution in [0.4, 0.5) is 0 Å². The van der Waals surface area contributed by atoms with E-state index in [1.54, 1.807) is 0 Å². The van der Waals surface area contributed by atoms with Gasteiger partial charge >= 0.3 is 17.9 Å². The highest BCUT2D eigenvalue weighted by atomic mass is 16.5. The minimum absolute atomic E-state index is 0.00601. The summed E-state index contributed by atoms with van der Waals surface area (Å²) in [4.78, 5) is 42.1. The summed E-state index contributed by atoms with van der Waals surface area (Å²) in [6.45, 7) is 39.6. The number of hydrogen-bond acceptors (Lipinski definition) is 8. The number of esters is 3. The zero-order valence-electron chi connectivity index (χ0n) is 48.2. The summed E-state index contributed by atoms with van der Waals surface area (Å²) in [6, 6.07) is 0. The molecule has 0 aromatic carbocycles. The average molecular weight is 963 g/mol. The Hall–Kier alpha value is -1.67. The van der Waals surface area contributed by atoms with E-state index in [1.807, 2.05) is 0 Å². The van der Waals surface area contributed by atoms with Crippen LogP contribution in [0.5, 0.6) is 0 Å². The molecule has 1 rings (SSSR count). The zero-order valence-corrected chi connectivity index (χ0v) is 48.2. The Morgan fingerprint density at radius 2 is 0.809 bits per heavy atom. The quantitative estimate of drug-likeness (QED) is 0.0387. The molecule has 6 atom stereocenters. The van der Waals surface area contributed by atoms with E-state index in [0.717, 1.165) is 154 Å². The Bertz CT molecular complexity index is 1280. The Balaban J connectivity index is 2.73. The van der Waals surface area contributed by atoms with E-state index in [9.17, 15) is 19.5 Å². The fourth-order valence-electron chi connectivity index (χ4n) is 11.6. The Morgan fingerprint density at radius 1 is 0.485 bits per heavy atom. The number of carbonyl (C=O) groups is 3. The number of aliphatic hydroxyl groups is 1. The van der Waals surface area contributed by atoms with Crippen LogP contribution in [0.3, 0.4) is 0 Å². The zero-order chi connectivity index (χ0) is 51.8. The summed E-state index contributed by atoms with van der Waals surface area (Å²) in [6.07, 6.45) is 21.0. The highest BCUT2D eigenvalue weighted by molar-refractivity contribution is 5.73. The predicted molar refractivity (Wildman–Crippen MR) is 286 cm³/mol. The van der Waals surface area contributed by atoms with Crippen molar-refractivity contribution in [2.75, 3.05) is 40.0 Å². The average Bonchev–Trinajstić information content (AvgIpc) is 3.17. The van der Waals surface area contributed by atoms with Gasteiger partial charge in [-0.3, -0.25) is 14.4 Å². The Labute approximate surface area is 422 Å². The second-order valence-corrected chi connectivity index (χ2v) is 27.7. The third-order valence-corrected chi connectivity index (χ3v) is 14.6. The smallest absolute Gasteiger partial charge is 0.309 e. The van der Waals surface area contributed by atoms with Crippen molar-refractivity contribution in [3.63, 3.8) is 0 Å². The molecule has 0 aromatic heterocycles. The van der Waals surface area contributed by atoms with Gasteiger partial charge in [0.1, 0.15) is 0 Å². The normalized spacial score (nSPS) is 18.3. The number of rotatable bonds is 34. The van der Waals surface area contributed by atoms with Crippen LogP contribution in [0.15, 0.2) is 0 Å². The standard InChI is InChI=1S/C60H115NO7/c1-46(42-56(5,6)7)28-30-51(48(3)44-58(11,12)13)54(63)67-39-25-20-18-22-34-60(65,36-24-27-41-66-53(62)50-32-37-61(17)38-33-50)35-23-19-21-26-40-68-55(64)52(49(4)45-59(14,15)16)31-29-47(2)43-57(8,9)10/h46-52,65H,18-45H2,1-17H3. The second kappa shape index (κ2) is 31.7. The number of piperidine rings is 1. The molecule has 6 unspecified atom stereocenters. The van der Waals surface area contributed by atoms with Crippen LogP contribution in [0, 0.1) is 63.1 Å². The monoisotopic (exact) mass is 962 g/mol. The van der Waals surface area contributed by atoms with E-state index in [4.69, 9.17) is 14.2 Å². The lowest BCUT2D eigenvalue weighted by Gasteiger charge is -2.30. The van der Waals surface area contributed by atoms with Gasteiger partial charge in [0.2, 0.25) is 0 Å². The predicted octanol–water partition coefficient (Wildman–Crippen LogP) is 15.8. The van der Waals surface area contributed by atoms with Crippen molar-refractivity contribution in [1.29, 1.82) is 0 Å². The summed E-state index contributed by atoms with van der Waals surface area (Å²) in [7, 11) is 2.10. The van der Waals surface area contributed by atoms with E-state index in [2.05, 4.69) is 123 Å². The summed E-state index contributed by atoms with van der Waals surface area (Å²) < 4.78 is 17.7. The highest BCUT2D eigenvalue weighted by Crippen LogP contribution is 2.37. The van der Waals surface area contributed by atoms with Crippen LogP contribution in [0.2, 0.25) is 0 Å². The van der Waals surface area contributed by atoms with Gasteiger partial charge < -0.3 is 24.2 Å². The number of likely N-dealkylation sites (tertiary alicyclic amines) is 1. The number of unbranched alkanes of at least 4 members (excludes halogenated alkanes) is 7. The van der Waals surface area contributed by atoms with E-state index in [1.165, 1.54) is 0 Å². The maximum absolute atomic E-state index is 13.5. The summed E-state index contributed by atoms with van der Waals surface area (Å²) in [5.41, 5.74) is 0.115. The van der Waals surface area contributed by atoms with Gasteiger partial charge in [-0.05, 0) is 175 Å². The number of carbonyl (C=O) groups excluding carboxylic acids is 3. The molecule has 402 valence electrons. The van der Waals surface area contributed by atoms with E-state index < -0.39 is 5.60 Å². The van der Waals surface area contributed by atoms with Gasteiger partial charge in [0.15, 0.2) is 0 Å². The van der Waals surface area contributed by atoms with E-state index in [0.29, 0.717) is 38.1 Å². The van der Waals surface area contributed by atoms with Crippen molar-refractivity contribution >= 4 is 17.9 Å². The third-order valence-electron chi connectivity index (χ3n) is 14.6. The summed E-state index contributed by atoms with van der Waals surface area (Å²) in [5, 5.41) is 12.0. The van der Waals surface area contributed by atoms with Gasteiger partial charge in [-0.1, -0.05) is 149 Å². The Morgan fingerprint density at radius 3 is 1.18 bits per heavy atom. The van der Waals surface area contributed by atoms with Gasteiger partial charge in [0, 0.05) is 0 Å². The minimum Gasteiger partial charge on any atom is -0.465 e.